The second-order valence-corrected chi connectivity index (χ2v) is 7.84. The Labute approximate surface area is 183 Å². The molecule has 1 N–H and O–H groups in total. The van der Waals surface area contributed by atoms with Gasteiger partial charge in [0.25, 0.3) is 0 Å². The van der Waals surface area contributed by atoms with Crippen LogP contribution in [0, 0.1) is 11.3 Å². The normalized spacial score (nSPS) is 11.3. The van der Waals surface area contributed by atoms with Crippen LogP contribution in [0.5, 0.6) is 0 Å². The third-order valence-electron chi connectivity index (χ3n) is 5.06. The van der Waals surface area contributed by atoms with E-state index in [1.165, 1.54) is 51.4 Å². The summed E-state index contributed by atoms with van der Waals surface area (Å²) in [6.07, 6.45) is 28.4. The zero-order chi connectivity index (χ0) is 21.7. The zero-order valence-corrected chi connectivity index (χ0v) is 18.9. The number of carbonyl (C=O) groups excluding carboxylic acids is 1. The molecule has 166 valence electrons. The van der Waals surface area contributed by atoms with Gasteiger partial charge in [-0.25, -0.2) is 9.13 Å². The van der Waals surface area contributed by atoms with Crippen LogP contribution < -0.4 is 9.88 Å². The maximum Gasteiger partial charge on any atom is 0.244 e. The van der Waals surface area contributed by atoms with Crippen LogP contribution in [0.25, 0.3) is 0 Å². The molecule has 0 saturated carbocycles. The second-order valence-electron chi connectivity index (χ2n) is 7.84. The summed E-state index contributed by atoms with van der Waals surface area (Å²) in [4.78, 5) is 11.9. The average Bonchev–Trinajstić information content (AvgIpc) is 3.19. The molecule has 0 aliphatic carbocycles. The first-order chi connectivity index (χ1) is 14.8. The van der Waals surface area contributed by atoms with Crippen molar-refractivity contribution in [2.24, 2.45) is 0 Å². The number of allylic oxidation sites excluding steroid dienone is 4. The summed E-state index contributed by atoms with van der Waals surface area (Å²) in [5.74, 6) is 0.106. The van der Waals surface area contributed by atoms with Gasteiger partial charge in [0, 0.05) is 19.4 Å². The van der Waals surface area contributed by atoms with Crippen molar-refractivity contribution in [2.45, 2.75) is 97.1 Å². The molecule has 0 atom stereocenters. The molecular formula is C25H41N4O+. The molecular weight excluding hydrogens is 372 g/mol. The third-order valence-corrected chi connectivity index (χ3v) is 5.06. The Morgan fingerprint density at radius 3 is 2.47 bits per heavy atom. The number of nitrogens with zero attached hydrogens (tertiary/aromatic N) is 3. The largest absolute Gasteiger partial charge is 0.356 e. The van der Waals surface area contributed by atoms with Crippen molar-refractivity contribution in [1.29, 1.82) is 5.26 Å². The molecule has 1 aromatic heterocycles. The number of rotatable bonds is 18. The molecule has 0 aliphatic heterocycles. The summed E-state index contributed by atoms with van der Waals surface area (Å²) in [6, 6.07) is 2.12. The van der Waals surface area contributed by atoms with E-state index in [2.05, 4.69) is 42.6 Å². The van der Waals surface area contributed by atoms with Gasteiger partial charge in [0.15, 0.2) is 6.54 Å². The van der Waals surface area contributed by atoms with Gasteiger partial charge in [-0.05, 0) is 19.3 Å². The molecule has 5 nitrogen and oxygen atoms in total. The number of hydrogen-bond acceptors (Lipinski definition) is 2. The van der Waals surface area contributed by atoms with Crippen LogP contribution in [0.2, 0.25) is 0 Å². The van der Waals surface area contributed by atoms with Gasteiger partial charge in [-0.3, -0.25) is 4.79 Å². The monoisotopic (exact) mass is 413 g/mol. The lowest BCUT2D eigenvalue weighted by Crippen LogP contribution is -2.34. The van der Waals surface area contributed by atoms with Gasteiger partial charge in [-0.2, -0.15) is 5.26 Å². The lowest BCUT2D eigenvalue weighted by Gasteiger charge is -2.02. The predicted octanol–water partition coefficient (Wildman–Crippen LogP) is 5.23. The zero-order valence-electron chi connectivity index (χ0n) is 18.9. The number of hydrogen-bond donors (Lipinski definition) is 1. The molecule has 1 amide bonds. The summed E-state index contributed by atoms with van der Waals surface area (Å²) in [6.45, 7) is 4.14. The fraction of sp³-hybridized carbons (Fsp3) is 0.640. The highest BCUT2D eigenvalue weighted by Gasteiger charge is 2.03. The number of amides is 1. The molecule has 1 aromatic rings. The molecule has 0 unspecified atom stereocenters. The lowest BCUT2D eigenvalue weighted by atomic mass is 10.1. The van der Waals surface area contributed by atoms with Crippen LogP contribution in [-0.2, 0) is 17.9 Å². The molecule has 0 fully saturated rings. The predicted molar refractivity (Wildman–Crippen MR) is 123 cm³/mol. The van der Waals surface area contributed by atoms with Gasteiger partial charge in [-0.1, -0.05) is 76.2 Å². The highest BCUT2D eigenvalue weighted by Crippen LogP contribution is 2.09. The first kappa shape index (κ1) is 25.7. The molecule has 0 saturated heterocycles. The van der Waals surface area contributed by atoms with Crippen molar-refractivity contribution in [3.8, 4) is 6.07 Å². The Balaban J connectivity index is 1.92. The maximum atomic E-state index is 11.9. The van der Waals surface area contributed by atoms with Crippen molar-refractivity contribution >= 4 is 5.91 Å². The minimum atomic E-state index is 0.106. The molecule has 0 bridgehead atoms. The number of imidazole rings is 1. The molecule has 0 spiro atoms. The molecule has 5 heteroatoms. The summed E-state index contributed by atoms with van der Waals surface area (Å²) in [5.41, 5.74) is 0. The van der Waals surface area contributed by atoms with Crippen molar-refractivity contribution in [2.75, 3.05) is 6.54 Å². The Kier molecular flexibility index (Phi) is 16.0. The van der Waals surface area contributed by atoms with E-state index >= 15 is 0 Å². The van der Waals surface area contributed by atoms with E-state index < -0.39 is 0 Å². The van der Waals surface area contributed by atoms with Crippen LogP contribution in [0.4, 0.5) is 0 Å². The van der Waals surface area contributed by atoms with E-state index in [1.807, 2.05) is 27.9 Å². The highest BCUT2D eigenvalue weighted by atomic mass is 16.1. The number of nitriles is 1. The van der Waals surface area contributed by atoms with Gasteiger partial charge in [0.05, 0.1) is 6.54 Å². The molecule has 0 aromatic carbocycles. The molecule has 1 rings (SSSR count). The number of nitrogens with one attached hydrogen (secondary N) is 1. The van der Waals surface area contributed by atoms with E-state index in [9.17, 15) is 4.79 Å². The van der Waals surface area contributed by atoms with Crippen LogP contribution in [-0.4, -0.2) is 17.0 Å². The van der Waals surface area contributed by atoms with Gasteiger partial charge >= 0.3 is 0 Å². The van der Waals surface area contributed by atoms with E-state index in [-0.39, 0.29) is 5.91 Å². The summed E-state index contributed by atoms with van der Waals surface area (Å²) < 4.78 is 3.88. The van der Waals surface area contributed by atoms with Crippen LogP contribution in [0.3, 0.4) is 0 Å². The molecule has 0 aliphatic rings. The van der Waals surface area contributed by atoms with Crippen LogP contribution >= 0.6 is 0 Å². The number of aromatic nitrogens is 2. The first-order valence-electron chi connectivity index (χ1n) is 11.8. The topological polar surface area (TPSA) is 61.7 Å². The quantitative estimate of drug-likeness (QED) is 0.203. The van der Waals surface area contributed by atoms with E-state index in [0.717, 1.165) is 25.8 Å². The fourth-order valence-electron chi connectivity index (χ4n) is 3.28. The van der Waals surface area contributed by atoms with E-state index in [1.54, 1.807) is 0 Å². The molecule has 0 radical (unpaired) electrons. The average molecular weight is 414 g/mol. The number of carbonyl (C=O) groups is 1. The van der Waals surface area contributed by atoms with Crippen LogP contribution in [0.1, 0.15) is 84.0 Å². The summed E-state index contributed by atoms with van der Waals surface area (Å²) in [5, 5.41) is 11.6. The van der Waals surface area contributed by atoms with Crippen molar-refractivity contribution < 1.29 is 9.36 Å². The van der Waals surface area contributed by atoms with E-state index in [4.69, 9.17) is 5.26 Å². The minimum Gasteiger partial charge on any atom is -0.356 e. The Hall–Kier alpha value is -2.35. The van der Waals surface area contributed by atoms with Crippen molar-refractivity contribution in [3.63, 3.8) is 0 Å². The van der Waals surface area contributed by atoms with Crippen LogP contribution in [0.15, 0.2) is 43.0 Å². The minimum absolute atomic E-state index is 0.106. The standard InChI is InChI=1S/C25H40N4O/c1-2-3-4-5-6-7-8-9-10-11-12-13-14-15-17-25(30)27-19-16-20-28-22-23-29(24-28)21-18-26/h11-14,22-24H,2-10,15-17,19-21H2,1H3/p+1. The number of unbranched alkanes of at least 4 members (excludes halogenated alkanes) is 8. The maximum absolute atomic E-state index is 11.9. The Morgan fingerprint density at radius 2 is 1.73 bits per heavy atom. The number of aryl methyl sites for hydroxylation is 1. The third kappa shape index (κ3) is 14.6. The van der Waals surface area contributed by atoms with Gasteiger partial charge in [0.1, 0.15) is 18.5 Å². The highest BCUT2D eigenvalue weighted by molar-refractivity contribution is 5.75. The van der Waals surface area contributed by atoms with Gasteiger partial charge < -0.3 is 5.32 Å². The fourth-order valence-corrected chi connectivity index (χ4v) is 3.28. The van der Waals surface area contributed by atoms with Crippen molar-refractivity contribution in [3.05, 3.63) is 43.0 Å². The summed E-state index contributed by atoms with van der Waals surface area (Å²) >= 11 is 0. The molecule has 30 heavy (non-hydrogen) atoms. The SMILES string of the molecule is CCCCCCCCCCC=CC=CCCC(=O)NCCC[n+]1ccn(CC#N)c1. The Bertz CT molecular complexity index is 654. The van der Waals surface area contributed by atoms with Crippen molar-refractivity contribution in [1.82, 2.24) is 9.88 Å². The summed E-state index contributed by atoms with van der Waals surface area (Å²) in [7, 11) is 0. The smallest absolute Gasteiger partial charge is 0.244 e. The van der Waals surface area contributed by atoms with Gasteiger partial charge in [0.2, 0.25) is 12.2 Å². The van der Waals surface area contributed by atoms with Gasteiger partial charge in [-0.15, -0.1) is 0 Å². The first-order valence-corrected chi connectivity index (χ1v) is 11.8. The van der Waals surface area contributed by atoms with E-state index in [0.29, 0.717) is 19.5 Å². The second kappa shape index (κ2) is 18.7. The lowest BCUT2D eigenvalue weighted by molar-refractivity contribution is -0.696. The Morgan fingerprint density at radius 1 is 1.03 bits per heavy atom. The molecule has 1 heterocycles.